The van der Waals surface area contributed by atoms with E-state index in [1.807, 2.05) is 59.3 Å². The topological polar surface area (TPSA) is 45.7 Å². The Morgan fingerprint density at radius 3 is 2.64 bits per heavy atom. The quantitative estimate of drug-likeness (QED) is 0.855. The average molecular weight is 339 g/mol. The first kappa shape index (κ1) is 17.4. The summed E-state index contributed by atoms with van der Waals surface area (Å²) < 4.78 is 5.43. The third kappa shape index (κ3) is 4.17. The molecule has 5 heteroatoms. The fraction of sp³-hybridized carbons (Fsp3) is 0.400. The monoisotopic (exact) mass is 339 g/mol. The van der Waals surface area contributed by atoms with Gasteiger partial charge in [0, 0.05) is 39.1 Å². The third-order valence-electron chi connectivity index (χ3n) is 4.78. The van der Waals surface area contributed by atoms with Gasteiger partial charge >= 0.3 is 0 Å². The van der Waals surface area contributed by atoms with Crippen LogP contribution in [0.2, 0.25) is 0 Å². The number of anilines is 2. The normalized spacial score (nSPS) is 17.8. The molecule has 25 heavy (non-hydrogen) atoms. The standard InChI is InChI=1S/C20H25N3O2/c1-22(17-7-4-3-5-8-17)19-11-10-16(15-21-19)20(24)23-13-6-9-18(25-2)12-14-23/h3-5,7-8,10-11,15,18H,6,9,12-14H2,1-2H3. The van der Waals surface area contributed by atoms with Crippen LogP contribution >= 0.6 is 0 Å². The van der Waals surface area contributed by atoms with E-state index in [1.165, 1.54) is 0 Å². The minimum absolute atomic E-state index is 0.0539. The molecule has 1 unspecified atom stereocenters. The molecule has 3 rings (SSSR count). The lowest BCUT2D eigenvalue weighted by Gasteiger charge is -2.21. The van der Waals surface area contributed by atoms with Crippen LogP contribution in [0.5, 0.6) is 0 Å². The summed E-state index contributed by atoms with van der Waals surface area (Å²) in [5.74, 6) is 0.872. The number of carbonyl (C=O) groups excluding carboxylic acids is 1. The smallest absolute Gasteiger partial charge is 0.255 e. The number of pyridine rings is 1. The largest absolute Gasteiger partial charge is 0.381 e. The van der Waals surface area contributed by atoms with Crippen LogP contribution in [0.25, 0.3) is 0 Å². The molecule has 1 aliphatic rings. The van der Waals surface area contributed by atoms with E-state index in [9.17, 15) is 4.79 Å². The summed E-state index contributed by atoms with van der Waals surface area (Å²) in [5.41, 5.74) is 1.70. The van der Waals surface area contributed by atoms with E-state index in [-0.39, 0.29) is 12.0 Å². The molecule has 0 radical (unpaired) electrons. The zero-order valence-corrected chi connectivity index (χ0v) is 14.9. The van der Waals surface area contributed by atoms with Crippen molar-refractivity contribution < 1.29 is 9.53 Å². The van der Waals surface area contributed by atoms with Crippen molar-refractivity contribution in [2.75, 3.05) is 32.1 Å². The van der Waals surface area contributed by atoms with Crippen LogP contribution in [0.4, 0.5) is 11.5 Å². The highest BCUT2D eigenvalue weighted by Gasteiger charge is 2.21. The number of hydrogen-bond acceptors (Lipinski definition) is 4. The summed E-state index contributed by atoms with van der Waals surface area (Å²) in [5, 5.41) is 0. The lowest BCUT2D eigenvalue weighted by atomic mass is 10.2. The van der Waals surface area contributed by atoms with Gasteiger partial charge in [-0.3, -0.25) is 4.79 Å². The predicted octanol–water partition coefficient (Wildman–Crippen LogP) is 3.49. The van der Waals surface area contributed by atoms with Crippen LogP contribution in [-0.4, -0.2) is 49.1 Å². The maximum absolute atomic E-state index is 12.7. The molecule has 1 aromatic heterocycles. The number of para-hydroxylation sites is 1. The van der Waals surface area contributed by atoms with Crippen LogP contribution in [0.3, 0.4) is 0 Å². The van der Waals surface area contributed by atoms with Gasteiger partial charge in [0.15, 0.2) is 0 Å². The van der Waals surface area contributed by atoms with Crippen molar-refractivity contribution in [3.05, 3.63) is 54.2 Å². The maximum atomic E-state index is 12.7. The van der Waals surface area contributed by atoms with Gasteiger partial charge in [-0.2, -0.15) is 0 Å². The Morgan fingerprint density at radius 1 is 1.16 bits per heavy atom. The molecular formula is C20H25N3O2. The SMILES string of the molecule is COC1CCCN(C(=O)c2ccc(N(C)c3ccccc3)nc2)CC1. The first-order chi connectivity index (χ1) is 12.2. The van der Waals surface area contributed by atoms with Crippen LogP contribution in [0, 0.1) is 0 Å². The summed E-state index contributed by atoms with van der Waals surface area (Å²) in [7, 11) is 3.72. The van der Waals surface area contributed by atoms with Gasteiger partial charge in [0.05, 0.1) is 11.7 Å². The molecule has 5 nitrogen and oxygen atoms in total. The molecular weight excluding hydrogens is 314 g/mol. The van der Waals surface area contributed by atoms with Gasteiger partial charge in [0.1, 0.15) is 5.82 Å². The van der Waals surface area contributed by atoms with Crippen LogP contribution in [-0.2, 0) is 4.74 Å². The molecule has 1 atom stereocenters. The summed E-state index contributed by atoms with van der Waals surface area (Å²) in [6, 6.07) is 13.8. The fourth-order valence-electron chi connectivity index (χ4n) is 3.18. The number of methoxy groups -OCH3 is 1. The highest BCUT2D eigenvalue weighted by Crippen LogP contribution is 2.22. The molecule has 0 bridgehead atoms. The highest BCUT2D eigenvalue weighted by atomic mass is 16.5. The van der Waals surface area contributed by atoms with Crippen LogP contribution in [0.15, 0.2) is 48.7 Å². The minimum atomic E-state index is 0.0539. The number of carbonyl (C=O) groups is 1. The highest BCUT2D eigenvalue weighted by molar-refractivity contribution is 5.94. The second-order valence-corrected chi connectivity index (χ2v) is 6.38. The Balaban J connectivity index is 1.68. The van der Waals surface area contributed by atoms with E-state index in [2.05, 4.69) is 4.98 Å². The fourth-order valence-corrected chi connectivity index (χ4v) is 3.18. The lowest BCUT2D eigenvalue weighted by Crippen LogP contribution is -2.32. The number of benzene rings is 1. The maximum Gasteiger partial charge on any atom is 0.255 e. The van der Waals surface area contributed by atoms with Gasteiger partial charge in [-0.05, 0) is 43.5 Å². The molecule has 2 heterocycles. The number of rotatable bonds is 4. The Bertz CT molecular complexity index is 688. The predicted molar refractivity (Wildman–Crippen MR) is 99.3 cm³/mol. The number of ether oxygens (including phenoxy) is 1. The Labute approximate surface area is 149 Å². The van der Waals surface area contributed by atoms with Crippen molar-refractivity contribution in [1.82, 2.24) is 9.88 Å². The Kier molecular flexibility index (Phi) is 5.66. The van der Waals surface area contributed by atoms with Gasteiger partial charge < -0.3 is 14.5 Å². The first-order valence-electron chi connectivity index (χ1n) is 8.76. The zero-order chi connectivity index (χ0) is 17.6. The number of hydrogen-bond donors (Lipinski definition) is 0. The molecule has 1 amide bonds. The van der Waals surface area contributed by atoms with Crippen molar-refractivity contribution in [3.8, 4) is 0 Å². The van der Waals surface area contributed by atoms with E-state index < -0.39 is 0 Å². The van der Waals surface area contributed by atoms with Gasteiger partial charge in [0.25, 0.3) is 5.91 Å². The van der Waals surface area contributed by atoms with E-state index in [4.69, 9.17) is 4.74 Å². The van der Waals surface area contributed by atoms with Gasteiger partial charge in [-0.25, -0.2) is 4.98 Å². The van der Waals surface area contributed by atoms with Crippen molar-refractivity contribution in [3.63, 3.8) is 0 Å². The summed E-state index contributed by atoms with van der Waals surface area (Å²) in [6.07, 6.45) is 4.82. The molecule has 132 valence electrons. The molecule has 0 spiro atoms. The van der Waals surface area contributed by atoms with Crippen molar-refractivity contribution in [1.29, 1.82) is 0 Å². The third-order valence-corrected chi connectivity index (χ3v) is 4.78. The molecule has 0 N–H and O–H groups in total. The van der Waals surface area contributed by atoms with Crippen molar-refractivity contribution in [2.24, 2.45) is 0 Å². The lowest BCUT2D eigenvalue weighted by molar-refractivity contribution is 0.0723. The number of amides is 1. The van der Waals surface area contributed by atoms with E-state index >= 15 is 0 Å². The minimum Gasteiger partial charge on any atom is -0.381 e. The summed E-state index contributed by atoms with van der Waals surface area (Å²) in [6.45, 7) is 1.52. The van der Waals surface area contributed by atoms with Gasteiger partial charge in [-0.1, -0.05) is 18.2 Å². The Hall–Kier alpha value is -2.40. The molecule has 0 aliphatic carbocycles. The van der Waals surface area contributed by atoms with E-state index in [1.54, 1.807) is 13.3 Å². The summed E-state index contributed by atoms with van der Waals surface area (Å²) in [4.78, 5) is 21.1. The molecule has 0 saturated carbocycles. The molecule has 1 aliphatic heterocycles. The molecule has 1 fully saturated rings. The van der Waals surface area contributed by atoms with Gasteiger partial charge in [-0.15, -0.1) is 0 Å². The number of likely N-dealkylation sites (tertiary alicyclic amines) is 1. The van der Waals surface area contributed by atoms with Crippen LogP contribution in [0.1, 0.15) is 29.6 Å². The van der Waals surface area contributed by atoms with E-state index in [0.717, 1.165) is 43.9 Å². The van der Waals surface area contributed by atoms with Crippen molar-refractivity contribution >= 4 is 17.4 Å². The second-order valence-electron chi connectivity index (χ2n) is 6.38. The molecule has 1 saturated heterocycles. The number of nitrogens with zero attached hydrogens (tertiary/aromatic N) is 3. The first-order valence-corrected chi connectivity index (χ1v) is 8.76. The van der Waals surface area contributed by atoms with Crippen LogP contribution < -0.4 is 4.90 Å². The zero-order valence-electron chi connectivity index (χ0n) is 14.9. The van der Waals surface area contributed by atoms with Crippen molar-refractivity contribution in [2.45, 2.75) is 25.4 Å². The van der Waals surface area contributed by atoms with Gasteiger partial charge in [0.2, 0.25) is 0 Å². The Morgan fingerprint density at radius 2 is 1.96 bits per heavy atom. The second kappa shape index (κ2) is 8.12. The number of aromatic nitrogens is 1. The molecule has 1 aromatic carbocycles. The molecule has 2 aromatic rings. The summed E-state index contributed by atoms with van der Waals surface area (Å²) >= 11 is 0. The average Bonchev–Trinajstić information content (AvgIpc) is 2.93. The van der Waals surface area contributed by atoms with E-state index in [0.29, 0.717) is 5.56 Å².